The van der Waals surface area contributed by atoms with Gasteiger partial charge in [-0.05, 0) is 32.4 Å². The molecule has 0 radical (unpaired) electrons. The van der Waals surface area contributed by atoms with Crippen LogP contribution in [0.25, 0.3) is 0 Å². The molecule has 4 nitrogen and oxygen atoms in total. The standard InChI is InChI=1S/C17H23N3O/c1-4-10-20-14(3)12-19-16(20)8-9-18-17(21)15-7-5-6-13(2)11-15/h5-7,11-12H,4,8-10H2,1-3H3,(H,18,21). The molecule has 4 heteroatoms. The quantitative estimate of drug-likeness (QED) is 0.887. The van der Waals surface area contributed by atoms with Gasteiger partial charge in [0.25, 0.3) is 5.91 Å². The van der Waals surface area contributed by atoms with E-state index in [9.17, 15) is 4.79 Å². The summed E-state index contributed by atoms with van der Waals surface area (Å²) in [4.78, 5) is 16.5. The van der Waals surface area contributed by atoms with E-state index in [1.54, 1.807) is 0 Å². The number of amides is 1. The van der Waals surface area contributed by atoms with Gasteiger partial charge in [-0.25, -0.2) is 4.98 Å². The van der Waals surface area contributed by atoms with Gasteiger partial charge in [-0.15, -0.1) is 0 Å². The molecular formula is C17H23N3O. The SMILES string of the molecule is CCCn1c(C)cnc1CCNC(=O)c1cccc(C)c1. The fourth-order valence-electron chi connectivity index (χ4n) is 2.42. The number of benzene rings is 1. The fourth-order valence-corrected chi connectivity index (χ4v) is 2.42. The number of rotatable bonds is 6. The van der Waals surface area contributed by atoms with Crippen molar-refractivity contribution in [2.24, 2.45) is 0 Å². The van der Waals surface area contributed by atoms with Gasteiger partial charge in [0, 0.05) is 37.0 Å². The minimum absolute atomic E-state index is 0.0241. The topological polar surface area (TPSA) is 46.9 Å². The van der Waals surface area contributed by atoms with E-state index in [0.717, 1.165) is 30.8 Å². The van der Waals surface area contributed by atoms with Crippen LogP contribution in [0.1, 0.15) is 40.8 Å². The molecule has 1 N–H and O–H groups in total. The van der Waals surface area contributed by atoms with E-state index >= 15 is 0 Å². The number of aromatic nitrogens is 2. The average Bonchev–Trinajstić information content (AvgIpc) is 2.81. The number of nitrogens with one attached hydrogen (secondary N) is 1. The normalized spacial score (nSPS) is 10.6. The highest BCUT2D eigenvalue weighted by Gasteiger charge is 2.08. The Balaban J connectivity index is 1.91. The Morgan fingerprint density at radius 3 is 2.86 bits per heavy atom. The molecule has 2 rings (SSSR count). The van der Waals surface area contributed by atoms with Crippen molar-refractivity contribution >= 4 is 5.91 Å². The summed E-state index contributed by atoms with van der Waals surface area (Å²) in [6, 6.07) is 7.63. The summed E-state index contributed by atoms with van der Waals surface area (Å²) in [5.74, 6) is 1.02. The third-order valence-corrected chi connectivity index (χ3v) is 3.50. The Morgan fingerprint density at radius 2 is 2.14 bits per heavy atom. The summed E-state index contributed by atoms with van der Waals surface area (Å²) in [5, 5.41) is 2.96. The van der Waals surface area contributed by atoms with Crippen molar-refractivity contribution < 1.29 is 4.79 Å². The zero-order valence-electron chi connectivity index (χ0n) is 13.0. The second kappa shape index (κ2) is 7.07. The van der Waals surface area contributed by atoms with E-state index in [-0.39, 0.29) is 5.91 Å². The van der Waals surface area contributed by atoms with Gasteiger partial charge in [0.05, 0.1) is 0 Å². The van der Waals surface area contributed by atoms with Crippen molar-refractivity contribution in [2.45, 2.75) is 40.2 Å². The van der Waals surface area contributed by atoms with Crippen LogP contribution in [0.2, 0.25) is 0 Å². The number of hydrogen-bond donors (Lipinski definition) is 1. The van der Waals surface area contributed by atoms with Gasteiger partial charge in [-0.3, -0.25) is 4.79 Å². The first-order chi connectivity index (χ1) is 10.1. The summed E-state index contributed by atoms with van der Waals surface area (Å²) in [6.45, 7) is 7.79. The van der Waals surface area contributed by atoms with E-state index in [4.69, 9.17) is 0 Å². The van der Waals surface area contributed by atoms with Crippen molar-refractivity contribution in [1.29, 1.82) is 0 Å². The third kappa shape index (κ3) is 3.94. The molecule has 1 aromatic heterocycles. The number of imidazole rings is 1. The number of carbonyl (C=O) groups is 1. The summed E-state index contributed by atoms with van der Waals surface area (Å²) < 4.78 is 2.22. The zero-order chi connectivity index (χ0) is 15.2. The van der Waals surface area contributed by atoms with Gasteiger partial charge < -0.3 is 9.88 Å². The first-order valence-corrected chi connectivity index (χ1v) is 7.47. The van der Waals surface area contributed by atoms with Crippen LogP contribution in [-0.4, -0.2) is 22.0 Å². The highest BCUT2D eigenvalue weighted by atomic mass is 16.1. The van der Waals surface area contributed by atoms with Crippen LogP contribution < -0.4 is 5.32 Å². The Labute approximate surface area is 126 Å². The summed E-state index contributed by atoms with van der Waals surface area (Å²) in [5.41, 5.74) is 2.98. The Hall–Kier alpha value is -2.10. The molecule has 112 valence electrons. The maximum absolute atomic E-state index is 12.1. The molecule has 2 aromatic rings. The number of hydrogen-bond acceptors (Lipinski definition) is 2. The van der Waals surface area contributed by atoms with Gasteiger partial charge in [-0.2, -0.15) is 0 Å². The highest BCUT2D eigenvalue weighted by molar-refractivity contribution is 5.94. The summed E-state index contributed by atoms with van der Waals surface area (Å²) in [6.07, 6.45) is 3.73. The second-order valence-electron chi connectivity index (χ2n) is 5.34. The molecule has 0 aliphatic heterocycles. The average molecular weight is 285 g/mol. The minimum Gasteiger partial charge on any atom is -0.352 e. The monoisotopic (exact) mass is 285 g/mol. The fraction of sp³-hybridized carbons (Fsp3) is 0.412. The van der Waals surface area contributed by atoms with E-state index in [1.165, 1.54) is 5.69 Å². The molecule has 0 bridgehead atoms. The minimum atomic E-state index is -0.0241. The van der Waals surface area contributed by atoms with Crippen LogP contribution in [0.3, 0.4) is 0 Å². The molecule has 21 heavy (non-hydrogen) atoms. The van der Waals surface area contributed by atoms with Crippen LogP contribution in [0.4, 0.5) is 0 Å². The van der Waals surface area contributed by atoms with Gasteiger partial charge >= 0.3 is 0 Å². The van der Waals surface area contributed by atoms with Crippen LogP contribution in [0.15, 0.2) is 30.5 Å². The van der Waals surface area contributed by atoms with Crippen molar-refractivity contribution in [2.75, 3.05) is 6.54 Å². The van der Waals surface area contributed by atoms with Gasteiger partial charge in [0.2, 0.25) is 0 Å². The highest BCUT2D eigenvalue weighted by Crippen LogP contribution is 2.07. The van der Waals surface area contributed by atoms with Crippen molar-refractivity contribution in [3.63, 3.8) is 0 Å². The molecule has 0 saturated heterocycles. The van der Waals surface area contributed by atoms with Crippen molar-refractivity contribution in [3.05, 3.63) is 53.1 Å². The van der Waals surface area contributed by atoms with Crippen molar-refractivity contribution in [1.82, 2.24) is 14.9 Å². The Morgan fingerprint density at radius 1 is 1.33 bits per heavy atom. The number of carbonyl (C=O) groups excluding carboxylic acids is 1. The molecule has 0 aliphatic carbocycles. The molecule has 0 saturated carbocycles. The third-order valence-electron chi connectivity index (χ3n) is 3.50. The lowest BCUT2D eigenvalue weighted by Crippen LogP contribution is -2.26. The first kappa shape index (κ1) is 15.3. The van der Waals surface area contributed by atoms with Crippen LogP contribution in [0.5, 0.6) is 0 Å². The smallest absolute Gasteiger partial charge is 0.251 e. The zero-order valence-corrected chi connectivity index (χ0v) is 13.0. The maximum atomic E-state index is 12.1. The lowest BCUT2D eigenvalue weighted by atomic mass is 10.1. The van der Waals surface area contributed by atoms with E-state index in [0.29, 0.717) is 12.1 Å². The molecule has 1 heterocycles. The van der Waals surface area contributed by atoms with Gasteiger partial charge in [0.15, 0.2) is 0 Å². The molecule has 0 unspecified atom stereocenters. The molecule has 1 aromatic carbocycles. The van der Waals surface area contributed by atoms with Crippen molar-refractivity contribution in [3.8, 4) is 0 Å². The molecule has 0 aliphatic rings. The Bertz CT molecular complexity index is 616. The number of nitrogens with zero attached hydrogens (tertiary/aromatic N) is 2. The van der Waals surface area contributed by atoms with E-state index < -0.39 is 0 Å². The van der Waals surface area contributed by atoms with Crippen LogP contribution in [-0.2, 0) is 13.0 Å². The lowest BCUT2D eigenvalue weighted by Gasteiger charge is -2.09. The molecule has 1 amide bonds. The predicted molar refractivity (Wildman–Crippen MR) is 84.5 cm³/mol. The van der Waals surface area contributed by atoms with E-state index in [2.05, 4.69) is 28.7 Å². The maximum Gasteiger partial charge on any atom is 0.251 e. The Kier molecular flexibility index (Phi) is 5.14. The van der Waals surface area contributed by atoms with Crippen LogP contribution in [0, 0.1) is 13.8 Å². The summed E-state index contributed by atoms with van der Waals surface area (Å²) in [7, 11) is 0. The molecule has 0 atom stereocenters. The molecular weight excluding hydrogens is 262 g/mol. The van der Waals surface area contributed by atoms with Gasteiger partial charge in [-0.1, -0.05) is 24.6 Å². The molecule has 0 spiro atoms. The predicted octanol–water partition coefficient (Wildman–Crippen LogP) is 2.88. The molecule has 0 fully saturated rings. The van der Waals surface area contributed by atoms with Crippen LogP contribution >= 0.6 is 0 Å². The number of aryl methyl sites for hydroxylation is 2. The lowest BCUT2D eigenvalue weighted by molar-refractivity contribution is 0.0954. The van der Waals surface area contributed by atoms with E-state index in [1.807, 2.05) is 37.4 Å². The summed E-state index contributed by atoms with van der Waals surface area (Å²) >= 11 is 0. The first-order valence-electron chi connectivity index (χ1n) is 7.47. The second-order valence-corrected chi connectivity index (χ2v) is 5.34. The largest absolute Gasteiger partial charge is 0.352 e. The van der Waals surface area contributed by atoms with Gasteiger partial charge in [0.1, 0.15) is 5.82 Å².